The highest BCUT2D eigenvalue weighted by molar-refractivity contribution is 5.96. The van der Waals surface area contributed by atoms with Crippen molar-refractivity contribution in [2.24, 2.45) is 34.5 Å². The van der Waals surface area contributed by atoms with Crippen molar-refractivity contribution >= 4 is 11.8 Å². The van der Waals surface area contributed by atoms with Gasteiger partial charge in [0.25, 0.3) is 0 Å². The van der Waals surface area contributed by atoms with Crippen molar-refractivity contribution in [1.82, 2.24) is 0 Å². The summed E-state index contributed by atoms with van der Waals surface area (Å²) in [6.45, 7) is 6.12. The zero-order chi connectivity index (χ0) is 17.1. The van der Waals surface area contributed by atoms with E-state index in [2.05, 4.69) is 19.9 Å². The summed E-state index contributed by atoms with van der Waals surface area (Å²) in [7, 11) is 0. The number of carbonyl (C=O) groups is 2. The molecule has 3 heteroatoms. The molecule has 4 rings (SSSR count). The smallest absolute Gasteiger partial charge is 0.302 e. The highest BCUT2D eigenvalue weighted by Gasteiger charge is 2.62. The van der Waals surface area contributed by atoms with E-state index in [9.17, 15) is 9.59 Å². The van der Waals surface area contributed by atoms with Crippen molar-refractivity contribution in [3.8, 4) is 0 Å². The van der Waals surface area contributed by atoms with E-state index in [4.69, 9.17) is 4.74 Å². The predicted molar refractivity (Wildman–Crippen MR) is 92.2 cm³/mol. The van der Waals surface area contributed by atoms with Crippen molar-refractivity contribution in [2.45, 2.75) is 71.8 Å². The number of hydrogen-bond acceptors (Lipinski definition) is 3. The number of hydrogen-bond donors (Lipinski definition) is 0. The second-order valence-corrected chi connectivity index (χ2v) is 9.16. The second-order valence-electron chi connectivity index (χ2n) is 9.16. The van der Waals surface area contributed by atoms with Crippen molar-refractivity contribution in [1.29, 1.82) is 0 Å². The van der Waals surface area contributed by atoms with Gasteiger partial charge < -0.3 is 4.74 Å². The molecule has 3 nitrogen and oxygen atoms in total. The highest BCUT2D eigenvalue weighted by Crippen LogP contribution is 2.65. The molecule has 4 aliphatic carbocycles. The Morgan fingerprint density at radius 1 is 1.12 bits per heavy atom. The Balaban J connectivity index is 1.64. The number of esters is 1. The molecule has 0 radical (unpaired) electrons. The third-order valence-corrected chi connectivity index (χ3v) is 8.35. The van der Waals surface area contributed by atoms with Crippen LogP contribution in [0.5, 0.6) is 0 Å². The molecule has 0 bridgehead atoms. The van der Waals surface area contributed by atoms with Crippen LogP contribution in [0.15, 0.2) is 12.2 Å². The fourth-order valence-corrected chi connectivity index (χ4v) is 7.04. The van der Waals surface area contributed by atoms with Gasteiger partial charge in [0, 0.05) is 17.8 Å². The van der Waals surface area contributed by atoms with Crippen LogP contribution in [0.4, 0.5) is 0 Å². The molecule has 3 saturated carbocycles. The standard InChI is InChI=1S/C21H30O3/c1-13(22)24-19-10-9-16-15-8-7-14-5-4-6-18(23)21(14,3)17(15)11-12-20(16,19)2/h4,6,14-17,19H,5,7-12H2,1-3H3. The van der Waals surface area contributed by atoms with Gasteiger partial charge in [-0.2, -0.15) is 0 Å². The van der Waals surface area contributed by atoms with Crippen LogP contribution in [0.25, 0.3) is 0 Å². The van der Waals surface area contributed by atoms with E-state index in [1.54, 1.807) is 0 Å². The molecule has 0 amide bonds. The molecule has 0 aromatic heterocycles. The minimum atomic E-state index is -0.154. The van der Waals surface area contributed by atoms with E-state index in [0.717, 1.165) is 32.1 Å². The van der Waals surface area contributed by atoms with Gasteiger partial charge in [-0.1, -0.05) is 19.9 Å². The molecule has 0 aromatic rings. The molecule has 132 valence electrons. The van der Waals surface area contributed by atoms with Crippen LogP contribution in [0, 0.1) is 34.5 Å². The lowest BCUT2D eigenvalue weighted by molar-refractivity contribution is -0.162. The van der Waals surface area contributed by atoms with Gasteiger partial charge in [-0.05, 0) is 74.7 Å². The third-order valence-electron chi connectivity index (χ3n) is 8.35. The molecular weight excluding hydrogens is 300 g/mol. The molecule has 7 unspecified atom stereocenters. The van der Waals surface area contributed by atoms with E-state index in [0.29, 0.717) is 29.5 Å². The number of ketones is 1. The molecule has 0 aromatic carbocycles. The van der Waals surface area contributed by atoms with Crippen molar-refractivity contribution in [2.75, 3.05) is 0 Å². The van der Waals surface area contributed by atoms with Crippen LogP contribution < -0.4 is 0 Å². The van der Waals surface area contributed by atoms with Gasteiger partial charge >= 0.3 is 5.97 Å². The summed E-state index contributed by atoms with van der Waals surface area (Å²) in [6.07, 6.45) is 11.9. The fourth-order valence-electron chi connectivity index (χ4n) is 7.04. The fraction of sp³-hybridized carbons (Fsp3) is 0.810. The van der Waals surface area contributed by atoms with Gasteiger partial charge in [-0.25, -0.2) is 0 Å². The van der Waals surface area contributed by atoms with E-state index < -0.39 is 0 Å². The van der Waals surface area contributed by atoms with Crippen molar-refractivity contribution in [3.05, 3.63) is 12.2 Å². The molecular formula is C21H30O3. The van der Waals surface area contributed by atoms with Crippen LogP contribution in [0.1, 0.15) is 65.7 Å². The monoisotopic (exact) mass is 330 g/mol. The Hall–Kier alpha value is -1.12. The first-order valence-electron chi connectivity index (χ1n) is 9.75. The summed E-state index contributed by atoms with van der Waals surface area (Å²) < 4.78 is 5.70. The molecule has 0 saturated heterocycles. The molecule has 0 aliphatic heterocycles. The average Bonchev–Trinajstić information content (AvgIpc) is 2.85. The predicted octanol–water partition coefficient (Wildman–Crippen LogP) is 4.31. The summed E-state index contributed by atoms with van der Waals surface area (Å²) in [4.78, 5) is 24.3. The minimum absolute atomic E-state index is 0.0773. The molecule has 0 spiro atoms. The topological polar surface area (TPSA) is 43.4 Å². The van der Waals surface area contributed by atoms with Crippen LogP contribution >= 0.6 is 0 Å². The van der Waals surface area contributed by atoms with E-state index >= 15 is 0 Å². The number of ether oxygens (including phenoxy) is 1. The molecule has 0 N–H and O–H groups in total. The average molecular weight is 330 g/mol. The third kappa shape index (κ3) is 2.09. The SMILES string of the molecule is CC(=O)OC1CCC2C3CCC4CC=CC(=O)C4(C)C3CCC12C. The lowest BCUT2D eigenvalue weighted by Crippen LogP contribution is -2.56. The van der Waals surface area contributed by atoms with Gasteiger partial charge in [0.1, 0.15) is 6.10 Å². The number of allylic oxidation sites excluding steroid dienone is 2. The molecule has 3 fully saturated rings. The first-order chi connectivity index (χ1) is 11.4. The van der Waals surface area contributed by atoms with Crippen molar-refractivity contribution in [3.63, 3.8) is 0 Å². The van der Waals surface area contributed by atoms with Crippen molar-refractivity contribution < 1.29 is 14.3 Å². The van der Waals surface area contributed by atoms with Gasteiger partial charge in [-0.3, -0.25) is 9.59 Å². The first kappa shape index (κ1) is 16.4. The van der Waals surface area contributed by atoms with Crippen LogP contribution in [0.2, 0.25) is 0 Å². The Labute approximate surface area is 145 Å². The zero-order valence-electron chi connectivity index (χ0n) is 15.2. The zero-order valence-corrected chi connectivity index (χ0v) is 15.2. The summed E-state index contributed by atoms with van der Waals surface area (Å²) in [5.74, 6) is 2.51. The Bertz CT molecular complexity index is 594. The van der Waals surface area contributed by atoms with Crippen LogP contribution in [-0.2, 0) is 14.3 Å². The van der Waals surface area contributed by atoms with E-state index in [1.165, 1.54) is 19.8 Å². The lowest BCUT2D eigenvalue weighted by atomic mass is 9.45. The summed E-state index contributed by atoms with van der Waals surface area (Å²) in [5, 5.41) is 0. The van der Waals surface area contributed by atoms with Gasteiger partial charge in [0.05, 0.1) is 0 Å². The number of fused-ring (bicyclic) bond motifs is 5. The Morgan fingerprint density at radius 2 is 1.92 bits per heavy atom. The molecule has 0 heterocycles. The molecule has 4 aliphatic rings. The maximum absolute atomic E-state index is 12.8. The summed E-state index contributed by atoms with van der Waals surface area (Å²) in [5.41, 5.74) is -0.0396. The van der Waals surface area contributed by atoms with E-state index in [1.807, 2.05) is 6.08 Å². The van der Waals surface area contributed by atoms with Gasteiger partial charge in [-0.15, -0.1) is 0 Å². The maximum Gasteiger partial charge on any atom is 0.302 e. The largest absolute Gasteiger partial charge is 0.462 e. The minimum Gasteiger partial charge on any atom is -0.462 e. The summed E-state index contributed by atoms with van der Waals surface area (Å²) in [6, 6.07) is 0. The van der Waals surface area contributed by atoms with Gasteiger partial charge in [0.15, 0.2) is 5.78 Å². The number of carbonyl (C=O) groups excluding carboxylic acids is 2. The lowest BCUT2D eigenvalue weighted by Gasteiger charge is -2.58. The first-order valence-corrected chi connectivity index (χ1v) is 9.75. The molecule has 7 atom stereocenters. The Morgan fingerprint density at radius 3 is 2.67 bits per heavy atom. The van der Waals surface area contributed by atoms with Crippen LogP contribution in [0.3, 0.4) is 0 Å². The van der Waals surface area contributed by atoms with Gasteiger partial charge in [0.2, 0.25) is 0 Å². The normalized spacial score (nSPS) is 50.0. The second kappa shape index (κ2) is 5.44. The van der Waals surface area contributed by atoms with E-state index in [-0.39, 0.29) is 22.9 Å². The quantitative estimate of drug-likeness (QED) is 0.673. The Kier molecular flexibility index (Phi) is 3.71. The van der Waals surface area contributed by atoms with Crippen LogP contribution in [-0.4, -0.2) is 17.9 Å². The molecule has 24 heavy (non-hydrogen) atoms. The number of rotatable bonds is 1. The maximum atomic E-state index is 12.8. The summed E-state index contributed by atoms with van der Waals surface area (Å²) >= 11 is 0. The highest BCUT2D eigenvalue weighted by atomic mass is 16.5.